The topological polar surface area (TPSA) is 131 Å². The number of carbonyl (C=O) groups excluding carboxylic acids is 3. The van der Waals surface area contributed by atoms with Gasteiger partial charge in [0.05, 0.1) is 22.3 Å². The summed E-state index contributed by atoms with van der Waals surface area (Å²) in [5, 5.41) is 4.47. The maximum Gasteiger partial charge on any atom is 0.223 e. The third kappa shape index (κ3) is 18.1. The molecule has 1 fully saturated rings. The maximum absolute atomic E-state index is 12.7. The molecule has 4 aromatic rings. The Morgan fingerprint density at radius 3 is 1.87 bits per heavy atom. The number of benzene rings is 2. The van der Waals surface area contributed by atoms with Gasteiger partial charge in [0.2, 0.25) is 12.3 Å². The molecule has 2 amide bonds. The Morgan fingerprint density at radius 2 is 1.44 bits per heavy atom. The molecule has 304 valence electrons. The molecule has 1 saturated heterocycles. The number of amides is 2. The maximum atomic E-state index is 12.7. The van der Waals surface area contributed by atoms with E-state index in [2.05, 4.69) is 102 Å². The van der Waals surface area contributed by atoms with E-state index in [1.165, 1.54) is 34.2 Å². The van der Waals surface area contributed by atoms with E-state index in [4.69, 9.17) is 9.78 Å². The van der Waals surface area contributed by atoms with E-state index < -0.39 is 0 Å². The van der Waals surface area contributed by atoms with Crippen LogP contribution < -0.4 is 11.1 Å². The largest absolute Gasteiger partial charge is 0.385 e. The Balaban J connectivity index is 0.000000805. The molecule has 1 aliphatic rings. The molecule has 2 aromatic heterocycles. The predicted molar refractivity (Wildman–Crippen MR) is 232 cm³/mol. The Morgan fingerprint density at radius 1 is 0.927 bits per heavy atom. The van der Waals surface area contributed by atoms with E-state index in [1.807, 2.05) is 38.1 Å². The van der Waals surface area contributed by atoms with Gasteiger partial charge in [-0.2, -0.15) is 0 Å². The third-order valence-corrected chi connectivity index (χ3v) is 10.4. The molecule has 0 radical (unpaired) electrons. The number of nitrogens with one attached hydrogen (secondary N) is 1. The first-order valence-corrected chi connectivity index (χ1v) is 20.9. The standard InChI is InChI=1S/C32H38N4OS2.C5H10O.C3H8O.C2H5NO.CH5N/c1-5-16-35(4)21-30-33-19-28(38-30)25-12-8-23(9-13-25)24-10-14-26(15-11-24)29-20-34-32(39-29)27-7-6-17-36(27)31(37)18-22(2)3;1-5(2)3-4-6;1-3-4-2;1-3-2-4;1-2/h8-15,19-20,22,27H,5-7,16-18,21H2,1-4H3;4-5H,3H2,1-2H3;3H2,1-2H3;2H,1H3,(H,3,4);2H2,1H3/t27-;;;;/m0..../s1. The lowest BCUT2D eigenvalue weighted by Gasteiger charge is -2.24. The van der Waals surface area contributed by atoms with Gasteiger partial charge in [-0.25, -0.2) is 9.97 Å². The first-order chi connectivity index (χ1) is 26.5. The Hall–Kier alpha value is -3.81. The highest BCUT2D eigenvalue weighted by molar-refractivity contribution is 7.15. The molecule has 12 heteroatoms. The molecule has 0 saturated carbocycles. The number of nitrogens with two attached hydrogens (primary N) is 1. The van der Waals surface area contributed by atoms with Gasteiger partial charge in [-0.15, -0.1) is 22.7 Å². The van der Waals surface area contributed by atoms with Crippen molar-refractivity contribution in [1.29, 1.82) is 0 Å². The summed E-state index contributed by atoms with van der Waals surface area (Å²) in [7, 11) is 6.89. The molecule has 10 nitrogen and oxygen atoms in total. The van der Waals surface area contributed by atoms with Gasteiger partial charge < -0.3 is 25.5 Å². The summed E-state index contributed by atoms with van der Waals surface area (Å²) in [5.41, 5.74) is 9.28. The Bertz CT molecular complexity index is 1600. The van der Waals surface area contributed by atoms with Gasteiger partial charge in [-0.3, -0.25) is 14.5 Å². The van der Waals surface area contributed by atoms with Crippen molar-refractivity contribution in [3.05, 3.63) is 70.9 Å². The van der Waals surface area contributed by atoms with Gasteiger partial charge in [0.15, 0.2) is 0 Å². The lowest BCUT2D eigenvalue weighted by Crippen LogP contribution is -2.31. The highest BCUT2D eigenvalue weighted by Gasteiger charge is 2.32. The highest BCUT2D eigenvalue weighted by atomic mass is 32.1. The summed E-state index contributed by atoms with van der Waals surface area (Å²) in [6, 6.07) is 17.6. The third-order valence-electron chi connectivity index (χ3n) is 8.18. The number of ether oxygens (including phenoxy) is 1. The molecule has 0 aliphatic carbocycles. The monoisotopic (exact) mass is 794 g/mol. The van der Waals surface area contributed by atoms with Gasteiger partial charge in [0.1, 0.15) is 16.3 Å². The SMILES string of the molecule is CC(C)CC=O.CCCN(C)Cc1ncc(-c2ccc(-c3ccc(-c4cnc([C@@H]5CCCN5C(=O)CC(C)C)s4)cc3)cc2)s1.CCOC.CN.CNC=O. The van der Waals surface area contributed by atoms with Gasteiger partial charge in [0.25, 0.3) is 0 Å². The van der Waals surface area contributed by atoms with Gasteiger partial charge >= 0.3 is 0 Å². The molecular formula is C43H66N6O4S2. The molecular weight excluding hydrogens is 729 g/mol. The number of likely N-dealkylation sites (tertiary alicyclic amines) is 1. The number of aromatic nitrogens is 2. The summed E-state index contributed by atoms with van der Waals surface area (Å²) in [5.74, 6) is 1.17. The number of methoxy groups -OCH3 is 1. The minimum atomic E-state index is 0.125. The van der Waals surface area contributed by atoms with Crippen LogP contribution in [0.3, 0.4) is 0 Å². The molecule has 1 aliphatic heterocycles. The minimum absolute atomic E-state index is 0.125. The zero-order valence-electron chi connectivity index (χ0n) is 34.8. The average Bonchev–Trinajstić information content (AvgIpc) is 3.98. The van der Waals surface area contributed by atoms with Crippen molar-refractivity contribution in [2.24, 2.45) is 17.6 Å². The van der Waals surface area contributed by atoms with E-state index in [0.29, 0.717) is 31.1 Å². The number of hydrogen-bond acceptors (Lipinski definition) is 10. The first-order valence-electron chi connectivity index (χ1n) is 19.2. The van der Waals surface area contributed by atoms with Crippen LogP contribution >= 0.6 is 22.7 Å². The first kappa shape index (κ1) is 49.2. The summed E-state index contributed by atoms with van der Waals surface area (Å²) in [6.45, 7) is 16.1. The van der Waals surface area contributed by atoms with E-state index in [-0.39, 0.29) is 11.9 Å². The van der Waals surface area contributed by atoms with Gasteiger partial charge in [-0.05, 0) is 80.9 Å². The fourth-order valence-corrected chi connectivity index (χ4v) is 7.49. The van der Waals surface area contributed by atoms with E-state index in [1.54, 1.807) is 36.8 Å². The number of hydrogen-bond donors (Lipinski definition) is 2. The van der Waals surface area contributed by atoms with E-state index in [0.717, 1.165) is 66.7 Å². The molecule has 5 rings (SSSR count). The second-order valence-electron chi connectivity index (χ2n) is 13.7. The lowest BCUT2D eigenvalue weighted by atomic mass is 10.0. The lowest BCUT2D eigenvalue weighted by molar-refractivity contribution is -0.132. The molecule has 55 heavy (non-hydrogen) atoms. The van der Waals surface area contributed by atoms with Crippen LogP contribution in [0.15, 0.2) is 60.9 Å². The molecule has 1 atom stereocenters. The average molecular weight is 795 g/mol. The number of aldehydes is 1. The molecule has 0 unspecified atom stereocenters. The second kappa shape index (κ2) is 28.6. The molecule has 3 N–H and O–H groups in total. The van der Waals surface area contributed by atoms with Crippen LogP contribution in [0.25, 0.3) is 32.0 Å². The Kier molecular flexibility index (Phi) is 25.6. The number of nitrogens with zero attached hydrogens (tertiary/aromatic N) is 4. The fourth-order valence-electron chi connectivity index (χ4n) is 5.42. The minimum Gasteiger partial charge on any atom is -0.385 e. The van der Waals surface area contributed by atoms with Crippen molar-refractivity contribution in [2.45, 2.75) is 86.2 Å². The van der Waals surface area contributed by atoms with Crippen LogP contribution in [0, 0.1) is 11.8 Å². The number of rotatable bonds is 14. The molecule has 0 spiro atoms. The van der Waals surface area contributed by atoms with Crippen LogP contribution in [0.2, 0.25) is 0 Å². The van der Waals surface area contributed by atoms with Crippen molar-refractivity contribution in [3.8, 4) is 32.0 Å². The van der Waals surface area contributed by atoms with Crippen molar-refractivity contribution in [1.82, 2.24) is 25.1 Å². The van der Waals surface area contributed by atoms with Crippen LogP contribution in [0.4, 0.5) is 0 Å². The van der Waals surface area contributed by atoms with Crippen molar-refractivity contribution >= 4 is 41.3 Å². The Labute approximate surface area is 338 Å². The highest BCUT2D eigenvalue weighted by Crippen LogP contribution is 2.38. The zero-order valence-corrected chi connectivity index (χ0v) is 36.5. The summed E-state index contributed by atoms with van der Waals surface area (Å²) in [6.07, 6.45) is 10.1. The number of carbonyl (C=O) groups is 3. The quantitative estimate of drug-likeness (QED) is 0.121. The van der Waals surface area contributed by atoms with Crippen LogP contribution in [-0.2, 0) is 25.7 Å². The summed E-state index contributed by atoms with van der Waals surface area (Å²) < 4.78 is 4.54. The van der Waals surface area contributed by atoms with E-state index >= 15 is 0 Å². The molecule has 3 heterocycles. The smallest absolute Gasteiger partial charge is 0.223 e. The van der Waals surface area contributed by atoms with Crippen molar-refractivity contribution in [3.63, 3.8) is 0 Å². The predicted octanol–water partition coefficient (Wildman–Crippen LogP) is 8.97. The fraction of sp³-hybridized carbons (Fsp3) is 0.512. The van der Waals surface area contributed by atoms with E-state index in [9.17, 15) is 9.59 Å². The zero-order chi connectivity index (χ0) is 41.2. The van der Waals surface area contributed by atoms with Crippen LogP contribution in [-0.4, -0.2) is 86.3 Å². The molecule has 2 aromatic carbocycles. The normalized spacial score (nSPS) is 13.1. The van der Waals surface area contributed by atoms with Crippen molar-refractivity contribution < 1.29 is 19.1 Å². The molecule has 0 bridgehead atoms. The van der Waals surface area contributed by atoms with Gasteiger partial charge in [-0.1, -0.05) is 83.1 Å². The number of thiazole rings is 2. The van der Waals surface area contributed by atoms with Crippen molar-refractivity contribution in [2.75, 3.05) is 47.9 Å². The van der Waals surface area contributed by atoms with Crippen LogP contribution in [0.5, 0.6) is 0 Å². The second-order valence-corrected chi connectivity index (χ2v) is 15.9. The summed E-state index contributed by atoms with van der Waals surface area (Å²) in [4.78, 5) is 47.6. The van der Waals surface area contributed by atoms with Crippen LogP contribution in [0.1, 0.15) is 89.7 Å². The summed E-state index contributed by atoms with van der Waals surface area (Å²) >= 11 is 3.50. The van der Waals surface area contributed by atoms with Gasteiger partial charge in [0, 0.05) is 52.5 Å².